The molecular weight excluding hydrogens is 419 g/mol. The standard InChI is InChI=1S/C20H21BrCl2N2/c21-20-10-18(22)4-3-17(20)2-1-14-7-16(9-19(23)8-14)13-25-12-15-5-6-24-11-15/h1-4,7-10,15,24-25H,5-6,11-13H2/b2-1+. The number of nitrogens with one attached hydrogen (secondary N) is 2. The summed E-state index contributed by atoms with van der Waals surface area (Å²) in [5, 5.41) is 8.42. The second-order valence-electron chi connectivity index (χ2n) is 6.38. The van der Waals surface area contributed by atoms with Gasteiger partial charge in [-0.25, -0.2) is 0 Å². The first-order chi connectivity index (χ1) is 12.1. The van der Waals surface area contributed by atoms with E-state index in [1.807, 2.05) is 30.3 Å². The van der Waals surface area contributed by atoms with Gasteiger partial charge in [-0.15, -0.1) is 0 Å². The van der Waals surface area contributed by atoms with E-state index in [4.69, 9.17) is 23.2 Å². The summed E-state index contributed by atoms with van der Waals surface area (Å²) in [6, 6.07) is 11.9. The van der Waals surface area contributed by atoms with Crippen LogP contribution in [0.5, 0.6) is 0 Å². The van der Waals surface area contributed by atoms with Crippen LogP contribution in [0, 0.1) is 5.92 Å². The van der Waals surface area contributed by atoms with Crippen LogP contribution in [0.1, 0.15) is 23.1 Å². The van der Waals surface area contributed by atoms with Crippen LogP contribution in [0.25, 0.3) is 12.2 Å². The van der Waals surface area contributed by atoms with E-state index in [0.29, 0.717) is 0 Å². The third-order valence-electron chi connectivity index (χ3n) is 4.32. The monoisotopic (exact) mass is 438 g/mol. The van der Waals surface area contributed by atoms with Gasteiger partial charge in [0.05, 0.1) is 0 Å². The molecule has 0 amide bonds. The fourth-order valence-electron chi connectivity index (χ4n) is 3.01. The highest BCUT2D eigenvalue weighted by atomic mass is 79.9. The van der Waals surface area contributed by atoms with Gasteiger partial charge >= 0.3 is 0 Å². The maximum absolute atomic E-state index is 6.29. The maximum Gasteiger partial charge on any atom is 0.0417 e. The summed E-state index contributed by atoms with van der Waals surface area (Å²) in [4.78, 5) is 0. The van der Waals surface area contributed by atoms with Gasteiger partial charge in [0.2, 0.25) is 0 Å². The van der Waals surface area contributed by atoms with Gasteiger partial charge in [0, 0.05) is 21.1 Å². The summed E-state index contributed by atoms with van der Waals surface area (Å²) >= 11 is 15.8. The van der Waals surface area contributed by atoms with Crippen molar-refractivity contribution in [2.45, 2.75) is 13.0 Å². The summed E-state index contributed by atoms with van der Waals surface area (Å²) in [5.74, 6) is 0.737. The Morgan fingerprint density at radius 2 is 2.00 bits per heavy atom. The van der Waals surface area contributed by atoms with Crippen molar-refractivity contribution >= 4 is 51.3 Å². The fraction of sp³-hybridized carbons (Fsp3) is 0.300. The Morgan fingerprint density at radius 1 is 1.12 bits per heavy atom. The van der Waals surface area contributed by atoms with E-state index in [0.717, 1.165) is 57.7 Å². The molecule has 0 spiro atoms. The average molecular weight is 440 g/mol. The van der Waals surface area contributed by atoms with E-state index in [2.05, 4.69) is 44.8 Å². The van der Waals surface area contributed by atoms with Crippen molar-refractivity contribution in [2.24, 2.45) is 5.92 Å². The van der Waals surface area contributed by atoms with E-state index < -0.39 is 0 Å². The molecule has 2 aromatic rings. The zero-order valence-corrected chi connectivity index (χ0v) is 17.0. The first-order valence-corrected chi connectivity index (χ1v) is 9.99. The van der Waals surface area contributed by atoms with Crippen LogP contribution in [-0.4, -0.2) is 19.6 Å². The fourth-order valence-corrected chi connectivity index (χ4v) is 4.09. The lowest BCUT2D eigenvalue weighted by Crippen LogP contribution is -2.24. The molecule has 3 rings (SSSR count). The highest BCUT2D eigenvalue weighted by Crippen LogP contribution is 2.24. The van der Waals surface area contributed by atoms with Crippen molar-refractivity contribution in [3.63, 3.8) is 0 Å². The van der Waals surface area contributed by atoms with E-state index >= 15 is 0 Å². The summed E-state index contributed by atoms with van der Waals surface area (Å²) in [7, 11) is 0. The Kier molecular flexibility index (Phi) is 6.97. The number of hydrogen-bond donors (Lipinski definition) is 2. The Labute approximate surface area is 167 Å². The molecule has 1 unspecified atom stereocenters. The number of benzene rings is 2. The summed E-state index contributed by atoms with van der Waals surface area (Å²) in [6.07, 6.45) is 5.39. The van der Waals surface area contributed by atoms with E-state index in [1.165, 1.54) is 12.0 Å². The van der Waals surface area contributed by atoms with Gasteiger partial charge in [0.25, 0.3) is 0 Å². The summed E-state index contributed by atoms with van der Waals surface area (Å²) in [5.41, 5.74) is 3.37. The summed E-state index contributed by atoms with van der Waals surface area (Å²) in [6.45, 7) is 4.14. The third kappa shape index (κ3) is 5.83. The lowest BCUT2D eigenvalue weighted by Gasteiger charge is -2.11. The normalized spacial score (nSPS) is 17.5. The molecule has 0 saturated carbocycles. The zero-order valence-electron chi connectivity index (χ0n) is 13.9. The molecular formula is C20H21BrCl2N2. The van der Waals surface area contributed by atoms with Crippen LogP contribution < -0.4 is 10.6 Å². The van der Waals surface area contributed by atoms with Gasteiger partial charge in [-0.2, -0.15) is 0 Å². The molecule has 0 radical (unpaired) electrons. The Balaban J connectivity index is 1.65. The van der Waals surface area contributed by atoms with Crippen molar-refractivity contribution in [1.29, 1.82) is 0 Å². The smallest absolute Gasteiger partial charge is 0.0417 e. The number of rotatable bonds is 6. The van der Waals surface area contributed by atoms with Crippen LogP contribution in [-0.2, 0) is 6.54 Å². The van der Waals surface area contributed by atoms with Gasteiger partial charge in [-0.3, -0.25) is 0 Å². The van der Waals surface area contributed by atoms with Crippen LogP contribution in [0.4, 0.5) is 0 Å². The lowest BCUT2D eigenvalue weighted by molar-refractivity contribution is 0.512. The second kappa shape index (κ2) is 9.20. The molecule has 1 saturated heterocycles. The highest BCUT2D eigenvalue weighted by molar-refractivity contribution is 9.10. The van der Waals surface area contributed by atoms with Gasteiger partial charge in [0.1, 0.15) is 0 Å². The number of halogens is 3. The number of hydrogen-bond acceptors (Lipinski definition) is 2. The minimum atomic E-state index is 0.720. The molecule has 1 atom stereocenters. The Hall–Kier alpha value is -0.840. The minimum Gasteiger partial charge on any atom is -0.316 e. The van der Waals surface area contributed by atoms with Gasteiger partial charge in [0.15, 0.2) is 0 Å². The van der Waals surface area contributed by atoms with Crippen molar-refractivity contribution in [1.82, 2.24) is 10.6 Å². The molecule has 5 heteroatoms. The molecule has 132 valence electrons. The molecule has 2 N–H and O–H groups in total. The zero-order chi connectivity index (χ0) is 17.6. The van der Waals surface area contributed by atoms with Crippen molar-refractivity contribution < 1.29 is 0 Å². The largest absolute Gasteiger partial charge is 0.316 e. The molecule has 0 aromatic heterocycles. The van der Waals surface area contributed by atoms with Crippen LogP contribution in [0.2, 0.25) is 10.0 Å². The van der Waals surface area contributed by atoms with Crippen LogP contribution in [0.15, 0.2) is 40.9 Å². The summed E-state index contributed by atoms with van der Waals surface area (Å²) < 4.78 is 0.977. The molecule has 1 aliphatic heterocycles. The average Bonchev–Trinajstić information content (AvgIpc) is 3.07. The van der Waals surface area contributed by atoms with Crippen molar-refractivity contribution in [3.8, 4) is 0 Å². The van der Waals surface area contributed by atoms with Gasteiger partial charge in [-0.1, -0.05) is 63.4 Å². The SMILES string of the molecule is Clc1cc(/C=C/c2ccc(Cl)cc2Br)cc(CNCC2CCNC2)c1. The minimum absolute atomic E-state index is 0.720. The van der Waals surface area contributed by atoms with Crippen molar-refractivity contribution in [2.75, 3.05) is 19.6 Å². The Morgan fingerprint density at radius 3 is 2.76 bits per heavy atom. The second-order valence-corrected chi connectivity index (χ2v) is 8.11. The topological polar surface area (TPSA) is 24.1 Å². The van der Waals surface area contributed by atoms with Gasteiger partial charge < -0.3 is 10.6 Å². The quantitative estimate of drug-likeness (QED) is 0.570. The molecule has 0 bridgehead atoms. The van der Waals surface area contributed by atoms with Crippen molar-refractivity contribution in [3.05, 3.63) is 67.6 Å². The predicted molar refractivity (Wildman–Crippen MR) is 112 cm³/mol. The van der Waals surface area contributed by atoms with E-state index in [1.54, 1.807) is 0 Å². The third-order valence-corrected chi connectivity index (χ3v) is 5.46. The maximum atomic E-state index is 6.29. The first kappa shape index (κ1) is 18.9. The lowest BCUT2D eigenvalue weighted by atomic mass is 10.1. The van der Waals surface area contributed by atoms with E-state index in [9.17, 15) is 0 Å². The molecule has 1 aliphatic rings. The first-order valence-electron chi connectivity index (χ1n) is 8.44. The molecule has 1 heterocycles. The molecule has 1 fully saturated rings. The molecule has 25 heavy (non-hydrogen) atoms. The van der Waals surface area contributed by atoms with Gasteiger partial charge in [-0.05, 0) is 72.9 Å². The van der Waals surface area contributed by atoms with Crippen LogP contribution in [0.3, 0.4) is 0 Å². The molecule has 2 aromatic carbocycles. The molecule has 2 nitrogen and oxygen atoms in total. The predicted octanol–water partition coefficient (Wildman–Crippen LogP) is 5.63. The molecule has 0 aliphatic carbocycles. The van der Waals surface area contributed by atoms with E-state index in [-0.39, 0.29) is 0 Å². The van der Waals surface area contributed by atoms with Crippen LogP contribution >= 0.6 is 39.1 Å². The highest BCUT2D eigenvalue weighted by Gasteiger charge is 2.13. The Bertz CT molecular complexity index is 755.